The summed E-state index contributed by atoms with van der Waals surface area (Å²) in [4.78, 5) is 23.5. The highest BCUT2D eigenvalue weighted by Gasteiger charge is 2.27. The lowest BCUT2D eigenvalue weighted by molar-refractivity contribution is -0.122. The van der Waals surface area contributed by atoms with Crippen molar-refractivity contribution in [3.05, 3.63) is 59.1 Å². The highest BCUT2D eigenvalue weighted by molar-refractivity contribution is 6.30. The van der Waals surface area contributed by atoms with Crippen LogP contribution >= 0.6 is 11.6 Å². The molecular formula is C18H17ClN2O3. The number of carbonyl (C=O) groups is 2. The molecule has 0 radical (unpaired) electrons. The molecule has 5 nitrogen and oxygen atoms in total. The first kappa shape index (κ1) is 16.3. The summed E-state index contributed by atoms with van der Waals surface area (Å²) in [5, 5.41) is 6.11. The van der Waals surface area contributed by atoms with Crippen LogP contribution in [0.25, 0.3) is 0 Å². The Morgan fingerprint density at radius 3 is 2.83 bits per heavy atom. The number of anilines is 1. The lowest BCUT2D eigenvalue weighted by atomic mass is 10.2. The molecule has 1 heterocycles. The first-order valence-corrected chi connectivity index (χ1v) is 8.06. The van der Waals surface area contributed by atoms with Gasteiger partial charge < -0.3 is 15.4 Å². The fourth-order valence-electron chi connectivity index (χ4n) is 2.51. The third-order valence-electron chi connectivity index (χ3n) is 3.74. The first-order valence-electron chi connectivity index (χ1n) is 7.68. The number of ether oxygens (including phenoxy) is 1. The Kier molecular flexibility index (Phi) is 5.01. The minimum atomic E-state index is -0.488. The Balaban J connectivity index is 1.66. The topological polar surface area (TPSA) is 67.4 Å². The summed E-state index contributed by atoms with van der Waals surface area (Å²) < 4.78 is 5.80. The Hall–Kier alpha value is -2.53. The maximum absolute atomic E-state index is 12.2. The largest absolute Gasteiger partial charge is 0.487 e. The van der Waals surface area contributed by atoms with Gasteiger partial charge in [-0.1, -0.05) is 35.9 Å². The normalized spacial score (nSPS) is 16.5. The highest BCUT2D eigenvalue weighted by atomic mass is 35.5. The van der Waals surface area contributed by atoms with Crippen LogP contribution in [0.5, 0.6) is 5.75 Å². The fraction of sp³-hybridized carbons (Fsp3) is 0.222. The molecule has 1 aliphatic heterocycles. The van der Waals surface area contributed by atoms with E-state index >= 15 is 0 Å². The van der Waals surface area contributed by atoms with Crippen molar-refractivity contribution in [2.75, 3.05) is 5.32 Å². The third-order valence-corrected chi connectivity index (χ3v) is 3.98. The zero-order chi connectivity index (χ0) is 16.9. The molecule has 24 heavy (non-hydrogen) atoms. The van der Waals surface area contributed by atoms with Gasteiger partial charge in [0.25, 0.3) is 0 Å². The van der Waals surface area contributed by atoms with Crippen LogP contribution in [0.3, 0.4) is 0 Å². The van der Waals surface area contributed by atoms with Gasteiger partial charge in [0.2, 0.25) is 11.8 Å². The molecule has 124 valence electrons. The lowest BCUT2D eigenvalue weighted by Crippen LogP contribution is -2.37. The number of carbonyl (C=O) groups excluding carboxylic acids is 2. The molecule has 2 aromatic rings. The number of halogens is 1. The second-order valence-electron chi connectivity index (χ2n) is 5.56. The van der Waals surface area contributed by atoms with Gasteiger partial charge >= 0.3 is 0 Å². The number of benzene rings is 2. The Morgan fingerprint density at radius 2 is 2.08 bits per heavy atom. The maximum atomic E-state index is 12.2. The van der Waals surface area contributed by atoms with E-state index in [1.54, 1.807) is 18.2 Å². The Morgan fingerprint density at radius 1 is 1.25 bits per heavy atom. The standard InChI is InChI=1S/C18H17ClN2O3/c19-13-5-3-4-12(10-13)11-24-16-7-2-1-6-14(16)21-18(23)15-8-9-17(22)20-15/h1-7,10,15H,8-9,11H2,(H,20,22)(H,21,23)/t15-/m1/s1. The summed E-state index contributed by atoms with van der Waals surface area (Å²) in [5.74, 6) is 0.232. The van der Waals surface area contributed by atoms with E-state index in [1.807, 2.05) is 30.3 Å². The summed E-state index contributed by atoms with van der Waals surface area (Å²) in [7, 11) is 0. The van der Waals surface area contributed by atoms with Gasteiger partial charge in [0.15, 0.2) is 0 Å². The van der Waals surface area contributed by atoms with Crippen molar-refractivity contribution in [3.8, 4) is 5.75 Å². The van der Waals surface area contributed by atoms with Gasteiger partial charge in [0, 0.05) is 11.4 Å². The van der Waals surface area contributed by atoms with Crippen LogP contribution in [0, 0.1) is 0 Å². The molecule has 2 amide bonds. The summed E-state index contributed by atoms with van der Waals surface area (Å²) in [6.45, 7) is 0.341. The molecule has 1 aliphatic rings. The number of hydrogen-bond donors (Lipinski definition) is 2. The predicted molar refractivity (Wildman–Crippen MR) is 92.0 cm³/mol. The van der Waals surface area contributed by atoms with E-state index in [1.165, 1.54) is 0 Å². The minimum Gasteiger partial charge on any atom is -0.487 e. The van der Waals surface area contributed by atoms with Crippen LogP contribution in [0.15, 0.2) is 48.5 Å². The van der Waals surface area contributed by atoms with Crippen LogP contribution in [-0.2, 0) is 16.2 Å². The number of amides is 2. The number of hydrogen-bond acceptors (Lipinski definition) is 3. The van der Waals surface area contributed by atoms with Gasteiger partial charge in [-0.3, -0.25) is 9.59 Å². The molecule has 1 atom stereocenters. The monoisotopic (exact) mass is 344 g/mol. The molecule has 6 heteroatoms. The van der Waals surface area contributed by atoms with Gasteiger partial charge in [-0.25, -0.2) is 0 Å². The second-order valence-corrected chi connectivity index (χ2v) is 6.00. The number of nitrogens with one attached hydrogen (secondary N) is 2. The number of rotatable bonds is 5. The van der Waals surface area contributed by atoms with Crippen LogP contribution in [-0.4, -0.2) is 17.9 Å². The predicted octanol–water partition coefficient (Wildman–Crippen LogP) is 3.14. The maximum Gasteiger partial charge on any atom is 0.247 e. The molecule has 2 N–H and O–H groups in total. The van der Waals surface area contributed by atoms with Crippen molar-refractivity contribution in [3.63, 3.8) is 0 Å². The van der Waals surface area contributed by atoms with Gasteiger partial charge in [-0.05, 0) is 36.2 Å². The summed E-state index contributed by atoms with van der Waals surface area (Å²) in [6, 6.07) is 14.1. The molecule has 0 bridgehead atoms. The van der Waals surface area contributed by atoms with Gasteiger partial charge in [0.05, 0.1) is 5.69 Å². The van der Waals surface area contributed by atoms with Crippen LogP contribution in [0.2, 0.25) is 5.02 Å². The lowest BCUT2D eigenvalue weighted by Gasteiger charge is -2.15. The summed E-state index contributed by atoms with van der Waals surface area (Å²) in [6.07, 6.45) is 0.890. The zero-order valence-electron chi connectivity index (χ0n) is 12.9. The van der Waals surface area contributed by atoms with Crippen molar-refractivity contribution < 1.29 is 14.3 Å². The van der Waals surface area contributed by atoms with Crippen LogP contribution in [0.1, 0.15) is 18.4 Å². The zero-order valence-corrected chi connectivity index (χ0v) is 13.7. The average molecular weight is 345 g/mol. The molecule has 2 aromatic carbocycles. The Bertz CT molecular complexity index is 763. The molecule has 0 saturated carbocycles. The van der Waals surface area contributed by atoms with Crippen molar-refractivity contribution >= 4 is 29.1 Å². The van der Waals surface area contributed by atoms with Gasteiger partial charge in [0.1, 0.15) is 18.4 Å². The van der Waals surface area contributed by atoms with Gasteiger partial charge in [-0.15, -0.1) is 0 Å². The quantitative estimate of drug-likeness (QED) is 0.875. The average Bonchev–Trinajstić information content (AvgIpc) is 3.01. The molecule has 0 unspecified atom stereocenters. The molecule has 0 aliphatic carbocycles. The molecule has 0 aromatic heterocycles. The Labute approximate surface area is 145 Å². The van der Waals surface area contributed by atoms with Crippen molar-refractivity contribution in [1.82, 2.24) is 5.32 Å². The van der Waals surface area contributed by atoms with E-state index in [-0.39, 0.29) is 11.8 Å². The van der Waals surface area contributed by atoms with Crippen molar-refractivity contribution in [1.29, 1.82) is 0 Å². The highest BCUT2D eigenvalue weighted by Crippen LogP contribution is 2.25. The summed E-state index contributed by atoms with van der Waals surface area (Å²) >= 11 is 5.96. The van der Waals surface area contributed by atoms with E-state index in [4.69, 9.17) is 16.3 Å². The second kappa shape index (κ2) is 7.36. The van der Waals surface area contributed by atoms with Crippen molar-refractivity contribution in [2.45, 2.75) is 25.5 Å². The van der Waals surface area contributed by atoms with E-state index in [0.717, 1.165) is 5.56 Å². The fourth-order valence-corrected chi connectivity index (χ4v) is 2.73. The summed E-state index contributed by atoms with van der Waals surface area (Å²) in [5.41, 5.74) is 1.51. The van der Waals surface area contributed by atoms with Crippen molar-refractivity contribution in [2.24, 2.45) is 0 Å². The number of para-hydroxylation sites is 2. The smallest absolute Gasteiger partial charge is 0.247 e. The minimum absolute atomic E-state index is 0.0966. The molecule has 3 rings (SSSR count). The molecule has 1 fully saturated rings. The van der Waals surface area contributed by atoms with E-state index in [9.17, 15) is 9.59 Å². The molecule has 0 spiro atoms. The van der Waals surface area contributed by atoms with E-state index in [0.29, 0.717) is 35.9 Å². The van der Waals surface area contributed by atoms with Gasteiger partial charge in [-0.2, -0.15) is 0 Å². The SMILES string of the molecule is O=C1CC[C@H](C(=O)Nc2ccccc2OCc2cccc(Cl)c2)N1. The van der Waals surface area contributed by atoms with Crippen LogP contribution < -0.4 is 15.4 Å². The van der Waals surface area contributed by atoms with Crippen LogP contribution in [0.4, 0.5) is 5.69 Å². The first-order chi connectivity index (χ1) is 11.6. The molecule has 1 saturated heterocycles. The van der Waals surface area contributed by atoms with E-state index < -0.39 is 6.04 Å². The third kappa shape index (κ3) is 4.06. The van der Waals surface area contributed by atoms with E-state index in [2.05, 4.69) is 10.6 Å². The molecular weight excluding hydrogens is 328 g/mol.